The molecule has 0 aromatic heterocycles. The quantitative estimate of drug-likeness (QED) is 0.306. The molecule has 6 atom stereocenters. The molecular formula is C14H21NO8. The summed E-state index contributed by atoms with van der Waals surface area (Å²) in [5, 5.41) is 56.6. The van der Waals surface area contributed by atoms with Crippen LogP contribution in [0.2, 0.25) is 0 Å². The van der Waals surface area contributed by atoms with Crippen molar-refractivity contribution in [1.82, 2.24) is 0 Å². The number of benzene rings is 1. The van der Waals surface area contributed by atoms with Crippen molar-refractivity contribution in [3.63, 3.8) is 0 Å². The second-order valence-electron chi connectivity index (χ2n) is 5.35. The molecule has 23 heavy (non-hydrogen) atoms. The van der Waals surface area contributed by atoms with Crippen LogP contribution in [0.15, 0.2) is 24.3 Å². The largest absolute Gasteiger partial charge is 0.600 e. The van der Waals surface area contributed by atoms with Crippen molar-refractivity contribution in [2.24, 2.45) is 0 Å². The van der Waals surface area contributed by atoms with E-state index in [1.165, 1.54) is 0 Å². The van der Waals surface area contributed by atoms with Gasteiger partial charge in [-0.05, 0) is 17.7 Å². The summed E-state index contributed by atoms with van der Waals surface area (Å²) in [7, 11) is 0. The van der Waals surface area contributed by atoms with Gasteiger partial charge in [-0.25, -0.2) is 10.4 Å². The summed E-state index contributed by atoms with van der Waals surface area (Å²) in [5.41, 5.74) is 0.813. The van der Waals surface area contributed by atoms with E-state index in [9.17, 15) is 20.5 Å². The van der Waals surface area contributed by atoms with Crippen molar-refractivity contribution in [3.8, 4) is 5.75 Å². The molecule has 1 saturated heterocycles. The van der Waals surface area contributed by atoms with Gasteiger partial charge in [0.05, 0.1) is 6.61 Å². The van der Waals surface area contributed by atoms with Crippen LogP contribution in [-0.2, 0) is 11.2 Å². The minimum Gasteiger partial charge on any atom is -0.600 e. The maximum atomic E-state index is 10.5. The van der Waals surface area contributed by atoms with Crippen molar-refractivity contribution in [2.75, 3.05) is 13.2 Å². The van der Waals surface area contributed by atoms with Gasteiger partial charge >= 0.3 is 0 Å². The second-order valence-corrected chi connectivity index (χ2v) is 5.35. The molecule has 1 aliphatic heterocycles. The Morgan fingerprint density at radius 2 is 1.74 bits per heavy atom. The van der Waals surface area contributed by atoms with E-state index in [-0.39, 0.29) is 6.54 Å². The molecule has 0 amide bonds. The van der Waals surface area contributed by atoms with Gasteiger partial charge in [-0.3, -0.25) is 0 Å². The Kier molecular flexibility index (Phi) is 6.27. The number of rotatable bonds is 6. The number of hydroxylamine groups is 2. The SMILES string of the molecule is [O-][NH+](O)CCc1ccc(O[C@@H]2O[C@H](CO)[C@@H](O)[C@H](O)[C@H]2O)cc1. The number of nitrogens with one attached hydrogen (secondary N) is 1. The van der Waals surface area contributed by atoms with Crippen LogP contribution in [0.4, 0.5) is 0 Å². The van der Waals surface area contributed by atoms with E-state index in [1.807, 2.05) is 0 Å². The molecule has 0 saturated carbocycles. The van der Waals surface area contributed by atoms with Gasteiger partial charge in [0.2, 0.25) is 6.29 Å². The minimum absolute atomic E-state index is 0.0207. The van der Waals surface area contributed by atoms with E-state index in [2.05, 4.69) is 0 Å². The molecule has 2 rings (SSSR count). The number of aliphatic hydroxyl groups is 4. The van der Waals surface area contributed by atoms with Crippen LogP contribution in [0.1, 0.15) is 5.56 Å². The van der Waals surface area contributed by atoms with Crippen molar-refractivity contribution in [2.45, 2.75) is 37.1 Å². The molecule has 1 aromatic rings. The Labute approximate surface area is 132 Å². The zero-order valence-corrected chi connectivity index (χ0v) is 12.3. The van der Waals surface area contributed by atoms with Crippen molar-refractivity contribution in [3.05, 3.63) is 35.0 Å². The summed E-state index contributed by atoms with van der Waals surface area (Å²) in [6, 6.07) is 6.53. The highest BCUT2D eigenvalue weighted by atomic mass is 16.8. The third-order valence-corrected chi connectivity index (χ3v) is 3.65. The standard InChI is InChI=1S/C14H21NO8/c16-7-10-11(17)12(18)13(19)14(23-10)22-9-3-1-8(2-4-9)5-6-15(20)21/h1-4,10-20H,5-7H2/t10-,11-,12+,13-,14-/m1/s1. The van der Waals surface area contributed by atoms with E-state index < -0.39 is 42.5 Å². The summed E-state index contributed by atoms with van der Waals surface area (Å²) in [4.78, 5) is 0. The van der Waals surface area contributed by atoms with Crippen molar-refractivity contribution < 1.29 is 40.3 Å². The van der Waals surface area contributed by atoms with Crippen LogP contribution in [-0.4, -0.2) is 69.5 Å². The predicted molar refractivity (Wildman–Crippen MR) is 75.5 cm³/mol. The van der Waals surface area contributed by atoms with Crippen LogP contribution in [0, 0.1) is 5.21 Å². The molecule has 1 heterocycles. The first-order valence-corrected chi connectivity index (χ1v) is 7.20. The number of aliphatic hydroxyl groups excluding tert-OH is 4. The summed E-state index contributed by atoms with van der Waals surface area (Å²) >= 11 is 0. The molecule has 0 bridgehead atoms. The molecule has 9 heteroatoms. The third-order valence-electron chi connectivity index (χ3n) is 3.65. The van der Waals surface area contributed by atoms with E-state index in [0.717, 1.165) is 5.56 Å². The summed E-state index contributed by atoms with van der Waals surface area (Å²) < 4.78 is 10.7. The Balaban J connectivity index is 1.97. The monoisotopic (exact) mass is 331 g/mol. The Bertz CT molecular complexity index is 480. The molecule has 130 valence electrons. The Hall–Kier alpha value is -1.30. The van der Waals surface area contributed by atoms with E-state index in [0.29, 0.717) is 12.2 Å². The van der Waals surface area contributed by atoms with Gasteiger partial charge in [0.1, 0.15) is 36.7 Å². The molecule has 6 N–H and O–H groups in total. The fourth-order valence-electron chi connectivity index (χ4n) is 2.28. The average molecular weight is 331 g/mol. The molecule has 1 fully saturated rings. The first-order chi connectivity index (χ1) is 10.9. The van der Waals surface area contributed by atoms with Crippen LogP contribution in [0.25, 0.3) is 0 Å². The molecule has 0 aliphatic carbocycles. The summed E-state index contributed by atoms with van der Waals surface area (Å²) in [6.45, 7) is -0.508. The Morgan fingerprint density at radius 3 is 2.30 bits per heavy atom. The molecule has 0 radical (unpaired) electrons. The fourth-order valence-corrected chi connectivity index (χ4v) is 2.28. The van der Waals surface area contributed by atoms with E-state index >= 15 is 0 Å². The van der Waals surface area contributed by atoms with Crippen LogP contribution >= 0.6 is 0 Å². The lowest BCUT2D eigenvalue weighted by atomic mass is 9.99. The first-order valence-electron chi connectivity index (χ1n) is 7.20. The number of ether oxygens (including phenoxy) is 2. The maximum absolute atomic E-state index is 10.5. The van der Waals surface area contributed by atoms with E-state index in [1.54, 1.807) is 24.3 Å². The smallest absolute Gasteiger partial charge is 0.229 e. The zero-order chi connectivity index (χ0) is 17.0. The van der Waals surface area contributed by atoms with Gasteiger partial charge in [-0.1, -0.05) is 12.1 Å². The van der Waals surface area contributed by atoms with Crippen LogP contribution in [0.3, 0.4) is 0 Å². The van der Waals surface area contributed by atoms with Crippen molar-refractivity contribution in [1.29, 1.82) is 0 Å². The van der Waals surface area contributed by atoms with Gasteiger partial charge in [0, 0.05) is 6.42 Å². The summed E-state index contributed by atoms with van der Waals surface area (Å²) in [5.74, 6) is 0.341. The topological polar surface area (TPSA) is 147 Å². The third kappa shape index (κ3) is 4.59. The van der Waals surface area contributed by atoms with Gasteiger partial charge in [0.25, 0.3) is 0 Å². The number of quaternary nitrogens is 1. The lowest BCUT2D eigenvalue weighted by Crippen LogP contribution is -3.04. The van der Waals surface area contributed by atoms with Gasteiger partial charge < -0.3 is 35.1 Å². The Morgan fingerprint density at radius 1 is 1.09 bits per heavy atom. The van der Waals surface area contributed by atoms with Crippen LogP contribution < -0.4 is 9.96 Å². The van der Waals surface area contributed by atoms with E-state index in [4.69, 9.17) is 19.8 Å². The normalized spacial score (nSPS) is 32.5. The lowest BCUT2D eigenvalue weighted by molar-refractivity contribution is -1.05. The summed E-state index contributed by atoms with van der Waals surface area (Å²) in [6.07, 6.45) is -6.30. The number of hydrogen-bond donors (Lipinski definition) is 6. The molecular weight excluding hydrogens is 310 g/mol. The highest BCUT2D eigenvalue weighted by Crippen LogP contribution is 2.24. The van der Waals surface area contributed by atoms with Crippen molar-refractivity contribution >= 4 is 0 Å². The second kappa shape index (κ2) is 7.99. The van der Waals surface area contributed by atoms with Gasteiger partial charge in [0.15, 0.2) is 0 Å². The zero-order valence-electron chi connectivity index (χ0n) is 12.3. The molecule has 1 aromatic carbocycles. The average Bonchev–Trinajstić information content (AvgIpc) is 2.54. The molecule has 9 nitrogen and oxygen atoms in total. The number of hydrogen-bond acceptors (Lipinski definition) is 8. The minimum atomic E-state index is -1.50. The molecule has 0 spiro atoms. The molecule has 1 aliphatic rings. The first kappa shape index (κ1) is 18.0. The maximum Gasteiger partial charge on any atom is 0.229 e. The predicted octanol–water partition coefficient (Wildman–Crippen LogP) is -2.82. The highest BCUT2D eigenvalue weighted by molar-refractivity contribution is 5.27. The highest BCUT2D eigenvalue weighted by Gasteiger charge is 2.44. The van der Waals surface area contributed by atoms with Gasteiger partial charge in [-0.15, -0.1) is 0 Å². The lowest BCUT2D eigenvalue weighted by Gasteiger charge is -2.39. The molecule has 1 unspecified atom stereocenters. The van der Waals surface area contributed by atoms with Crippen LogP contribution in [0.5, 0.6) is 5.75 Å². The fraction of sp³-hybridized carbons (Fsp3) is 0.571. The van der Waals surface area contributed by atoms with Gasteiger partial charge in [-0.2, -0.15) is 0 Å².